The molecule has 2 rings (SSSR count). The molecule has 0 atom stereocenters. The first kappa shape index (κ1) is 23.7. The zero-order valence-electron chi connectivity index (χ0n) is 16.4. The Labute approximate surface area is 190 Å². The summed E-state index contributed by atoms with van der Waals surface area (Å²) in [6.07, 6.45) is 3.50. The second-order valence-corrected chi connectivity index (χ2v) is 8.77. The van der Waals surface area contributed by atoms with Gasteiger partial charge in [-0.05, 0) is 59.2 Å². The summed E-state index contributed by atoms with van der Waals surface area (Å²) in [5.41, 5.74) is 3.85. The van der Waals surface area contributed by atoms with Crippen LogP contribution in [0.5, 0.6) is 0 Å². The molecule has 1 aromatic carbocycles. The highest BCUT2D eigenvalue weighted by atomic mass is 35.5. The molecule has 0 aliphatic rings. The summed E-state index contributed by atoms with van der Waals surface area (Å²) in [5.74, 6) is 0.168. The van der Waals surface area contributed by atoms with Crippen molar-refractivity contribution in [1.82, 2.24) is 10.3 Å². The van der Waals surface area contributed by atoms with E-state index in [4.69, 9.17) is 34.8 Å². The van der Waals surface area contributed by atoms with E-state index >= 15 is 0 Å². The fourth-order valence-corrected chi connectivity index (χ4v) is 4.74. The third-order valence-corrected chi connectivity index (χ3v) is 6.31. The average molecular weight is 471 g/mol. The summed E-state index contributed by atoms with van der Waals surface area (Å²) in [4.78, 5) is 15.9. The van der Waals surface area contributed by atoms with E-state index in [0.717, 1.165) is 27.3 Å². The van der Waals surface area contributed by atoms with Gasteiger partial charge in [0.15, 0.2) is 0 Å². The molecule has 0 amide bonds. The Morgan fingerprint density at radius 2 is 1.83 bits per heavy atom. The third kappa shape index (κ3) is 7.03. The Kier molecular flexibility index (Phi) is 9.50. The molecular weight excluding hydrogens is 449 g/mol. The predicted molar refractivity (Wildman–Crippen MR) is 125 cm³/mol. The van der Waals surface area contributed by atoms with Crippen LogP contribution in [0.15, 0.2) is 69.0 Å². The van der Waals surface area contributed by atoms with Crippen LogP contribution in [0.4, 0.5) is 0 Å². The number of halogens is 3. The zero-order chi connectivity index (χ0) is 21.4. The van der Waals surface area contributed by atoms with Gasteiger partial charge < -0.3 is 5.32 Å². The first-order valence-corrected chi connectivity index (χ1v) is 11.0. The average Bonchev–Trinajstić information content (AvgIpc) is 2.67. The molecule has 154 valence electrons. The van der Waals surface area contributed by atoms with Crippen molar-refractivity contribution in [3.05, 3.63) is 84.4 Å². The van der Waals surface area contributed by atoms with Crippen LogP contribution in [0.3, 0.4) is 0 Å². The number of allylic oxidation sites excluding steroid dienone is 1. The Bertz CT molecular complexity index is 892. The number of nitroso groups, excluding NO2 is 1. The van der Waals surface area contributed by atoms with Gasteiger partial charge >= 0.3 is 0 Å². The summed E-state index contributed by atoms with van der Waals surface area (Å²) in [5, 5.41) is 9.95. The second-order valence-electron chi connectivity index (χ2n) is 6.64. The predicted octanol–water partition coefficient (Wildman–Crippen LogP) is 7.50. The van der Waals surface area contributed by atoms with Crippen LogP contribution in [0.2, 0.25) is 15.1 Å². The van der Waals surface area contributed by atoms with Crippen LogP contribution < -0.4 is 5.32 Å². The number of pyridine rings is 1. The zero-order valence-corrected chi connectivity index (χ0v) is 19.5. The van der Waals surface area contributed by atoms with Crippen molar-refractivity contribution in [2.75, 3.05) is 6.54 Å². The SMILES string of the molecule is C/C(NCc1ccncc1)=C(CN=O)/C(=C/Sc1c(Cl)cc(Cl)cc1Cl)C(C)C. The molecule has 0 saturated heterocycles. The van der Waals surface area contributed by atoms with E-state index in [0.29, 0.717) is 21.6 Å². The number of rotatable bonds is 9. The van der Waals surface area contributed by atoms with Crippen molar-refractivity contribution in [2.24, 2.45) is 11.1 Å². The van der Waals surface area contributed by atoms with E-state index in [9.17, 15) is 4.91 Å². The maximum Gasteiger partial charge on any atom is 0.108 e. The van der Waals surface area contributed by atoms with Crippen molar-refractivity contribution in [3.8, 4) is 0 Å². The highest BCUT2D eigenvalue weighted by Gasteiger charge is 2.15. The van der Waals surface area contributed by atoms with Gasteiger partial charge in [0.2, 0.25) is 0 Å². The number of benzene rings is 1. The molecule has 1 N–H and O–H groups in total. The largest absolute Gasteiger partial charge is 0.384 e. The molecule has 0 spiro atoms. The van der Waals surface area contributed by atoms with Crippen LogP contribution >= 0.6 is 46.6 Å². The highest BCUT2D eigenvalue weighted by molar-refractivity contribution is 8.02. The summed E-state index contributed by atoms with van der Waals surface area (Å²) in [6, 6.07) is 7.20. The lowest BCUT2D eigenvalue weighted by atomic mass is 9.95. The van der Waals surface area contributed by atoms with Gasteiger partial charge in [0.05, 0.1) is 10.0 Å². The molecule has 0 aliphatic heterocycles. The summed E-state index contributed by atoms with van der Waals surface area (Å²) < 4.78 is 0. The molecule has 1 aromatic heterocycles. The molecule has 8 heteroatoms. The molecule has 29 heavy (non-hydrogen) atoms. The Morgan fingerprint density at radius 1 is 1.21 bits per heavy atom. The lowest BCUT2D eigenvalue weighted by Gasteiger charge is -2.18. The molecule has 2 aromatic rings. The topological polar surface area (TPSA) is 54.4 Å². The maximum absolute atomic E-state index is 11.1. The molecule has 1 heterocycles. The second kappa shape index (κ2) is 11.6. The number of aromatic nitrogens is 1. The fourth-order valence-electron chi connectivity index (χ4n) is 2.65. The number of nitrogens with one attached hydrogen (secondary N) is 1. The normalized spacial score (nSPS) is 12.7. The number of nitrogens with zero attached hydrogens (tertiary/aromatic N) is 2. The van der Waals surface area contributed by atoms with Gasteiger partial charge in [-0.1, -0.05) is 65.6 Å². The minimum Gasteiger partial charge on any atom is -0.384 e. The Balaban J connectivity index is 2.32. The molecule has 0 fully saturated rings. The van der Waals surface area contributed by atoms with E-state index in [2.05, 4.69) is 29.3 Å². The smallest absolute Gasteiger partial charge is 0.108 e. The molecule has 0 bridgehead atoms. The summed E-state index contributed by atoms with van der Waals surface area (Å²) in [6.45, 7) is 6.79. The number of thioether (sulfide) groups is 1. The number of hydrogen-bond acceptors (Lipinski definition) is 5. The molecule has 0 saturated carbocycles. The van der Waals surface area contributed by atoms with Gasteiger partial charge in [0, 0.05) is 34.6 Å². The van der Waals surface area contributed by atoms with E-state index in [1.807, 2.05) is 24.5 Å². The molecule has 0 radical (unpaired) electrons. The van der Waals surface area contributed by atoms with Gasteiger partial charge in [-0.15, -0.1) is 0 Å². The van der Waals surface area contributed by atoms with Gasteiger partial charge in [-0.2, -0.15) is 4.91 Å². The van der Waals surface area contributed by atoms with Crippen molar-refractivity contribution in [2.45, 2.75) is 32.2 Å². The quantitative estimate of drug-likeness (QED) is 0.234. The van der Waals surface area contributed by atoms with E-state index in [-0.39, 0.29) is 12.5 Å². The van der Waals surface area contributed by atoms with Gasteiger partial charge in [-0.3, -0.25) is 4.98 Å². The minimum absolute atomic E-state index is 0.0713. The molecule has 4 nitrogen and oxygen atoms in total. The van der Waals surface area contributed by atoms with E-state index in [1.54, 1.807) is 24.5 Å². The molecular formula is C21H22Cl3N3OS. The van der Waals surface area contributed by atoms with Gasteiger partial charge in [0.25, 0.3) is 0 Å². The fraction of sp³-hybridized carbons (Fsp3) is 0.286. The van der Waals surface area contributed by atoms with Crippen molar-refractivity contribution >= 4 is 46.6 Å². The molecule has 0 aliphatic carbocycles. The van der Waals surface area contributed by atoms with Crippen LogP contribution in [0.25, 0.3) is 0 Å². The lowest BCUT2D eigenvalue weighted by molar-refractivity contribution is 0.743. The maximum atomic E-state index is 11.1. The van der Waals surface area contributed by atoms with Crippen molar-refractivity contribution < 1.29 is 0 Å². The van der Waals surface area contributed by atoms with E-state index < -0.39 is 0 Å². The Hall–Kier alpha value is -1.53. The van der Waals surface area contributed by atoms with Crippen LogP contribution in [-0.2, 0) is 6.54 Å². The van der Waals surface area contributed by atoms with Crippen molar-refractivity contribution in [3.63, 3.8) is 0 Å². The lowest BCUT2D eigenvalue weighted by Crippen LogP contribution is -2.16. The van der Waals surface area contributed by atoms with Crippen LogP contribution in [0.1, 0.15) is 26.3 Å². The number of hydrogen-bond donors (Lipinski definition) is 1. The minimum atomic E-state index is 0.0713. The first-order valence-electron chi connectivity index (χ1n) is 8.96. The Morgan fingerprint density at radius 3 is 2.38 bits per heavy atom. The van der Waals surface area contributed by atoms with Crippen LogP contribution in [0, 0.1) is 10.8 Å². The first-order chi connectivity index (χ1) is 13.8. The monoisotopic (exact) mass is 469 g/mol. The third-order valence-electron chi connectivity index (χ3n) is 4.22. The molecule has 0 unspecified atom stereocenters. The summed E-state index contributed by atoms with van der Waals surface area (Å²) in [7, 11) is 0. The standard InChI is InChI=1S/C21H22Cl3N3OS/c1-13(2)18(12-29-21-19(23)8-16(22)9-20(21)24)17(11-27-28)14(3)26-10-15-4-6-25-7-5-15/h4-9,12-13,26H,10-11H2,1-3H3/b17-14-,18-12+. The van der Waals surface area contributed by atoms with Crippen LogP contribution in [-0.4, -0.2) is 11.5 Å². The highest BCUT2D eigenvalue weighted by Crippen LogP contribution is 2.39. The van der Waals surface area contributed by atoms with Gasteiger partial charge in [0.1, 0.15) is 6.54 Å². The van der Waals surface area contributed by atoms with Gasteiger partial charge in [-0.25, -0.2) is 0 Å². The van der Waals surface area contributed by atoms with E-state index in [1.165, 1.54) is 11.8 Å². The van der Waals surface area contributed by atoms with Crippen molar-refractivity contribution in [1.29, 1.82) is 0 Å². The summed E-state index contributed by atoms with van der Waals surface area (Å²) >= 11 is 20.0.